The average Bonchev–Trinajstić information content (AvgIpc) is 2.79. The van der Waals surface area contributed by atoms with Crippen molar-refractivity contribution in [1.29, 1.82) is 0 Å². The Balaban J connectivity index is 1.71. The van der Waals surface area contributed by atoms with Gasteiger partial charge in [0.1, 0.15) is 0 Å². The van der Waals surface area contributed by atoms with Crippen LogP contribution in [0.2, 0.25) is 0 Å². The number of nitrogens with one attached hydrogen (secondary N) is 2. The maximum atomic E-state index is 12.8. The molecule has 1 aliphatic heterocycles. The third-order valence-electron chi connectivity index (χ3n) is 5.85. The Morgan fingerprint density at radius 1 is 1.23 bits per heavy atom. The van der Waals surface area contributed by atoms with Gasteiger partial charge >= 0.3 is 0 Å². The Morgan fingerprint density at radius 3 is 2.77 bits per heavy atom. The number of fused-ring (bicyclic) bond motifs is 1. The zero-order chi connectivity index (χ0) is 22.1. The van der Waals surface area contributed by atoms with Crippen LogP contribution in [0.1, 0.15) is 44.2 Å². The molecule has 1 aromatic carbocycles. The molecule has 170 valence electrons. The normalized spacial score (nSPS) is 14.6. The summed E-state index contributed by atoms with van der Waals surface area (Å²) in [6.07, 6.45) is 4.18. The van der Waals surface area contributed by atoms with Crippen LogP contribution in [0.5, 0.6) is 0 Å². The molecule has 0 atom stereocenters. The first-order chi connectivity index (χ1) is 15.1. The van der Waals surface area contributed by atoms with Crippen LogP contribution in [0.4, 0.5) is 0 Å². The molecule has 3 rings (SSSR count). The summed E-state index contributed by atoms with van der Waals surface area (Å²) in [5.74, 6) is 0. The van der Waals surface area contributed by atoms with Crippen LogP contribution < -0.4 is 10.9 Å². The molecule has 2 heterocycles. The lowest BCUT2D eigenvalue weighted by atomic mass is 10.1. The number of hydrogen-bond acceptors (Lipinski definition) is 4. The maximum Gasteiger partial charge on any atom is 0.253 e. The summed E-state index contributed by atoms with van der Waals surface area (Å²) in [7, 11) is 0. The van der Waals surface area contributed by atoms with E-state index in [4.69, 9.17) is 17.0 Å². The highest BCUT2D eigenvalue weighted by molar-refractivity contribution is 7.80. The summed E-state index contributed by atoms with van der Waals surface area (Å²) in [6.45, 7) is 11.1. The van der Waals surface area contributed by atoms with Crippen LogP contribution in [-0.4, -0.2) is 65.8 Å². The Bertz CT molecular complexity index is 908. The first kappa shape index (κ1) is 23.7. The van der Waals surface area contributed by atoms with Crippen LogP contribution in [0.15, 0.2) is 29.1 Å². The number of H-pyrrole nitrogens is 1. The number of aryl methyl sites for hydroxylation is 1. The minimum atomic E-state index is -0.0358. The van der Waals surface area contributed by atoms with E-state index in [0.29, 0.717) is 6.54 Å². The van der Waals surface area contributed by atoms with Crippen LogP contribution in [-0.2, 0) is 17.7 Å². The van der Waals surface area contributed by atoms with E-state index in [0.717, 1.165) is 93.2 Å². The molecule has 0 spiro atoms. The lowest BCUT2D eigenvalue weighted by Crippen LogP contribution is -2.43. The number of morpholine rings is 1. The highest BCUT2D eigenvalue weighted by Gasteiger charge is 2.15. The van der Waals surface area contributed by atoms with Gasteiger partial charge in [-0.25, -0.2) is 0 Å². The van der Waals surface area contributed by atoms with Crippen molar-refractivity contribution in [2.45, 2.75) is 46.1 Å². The van der Waals surface area contributed by atoms with E-state index in [2.05, 4.69) is 46.1 Å². The van der Waals surface area contributed by atoms with Gasteiger partial charge in [-0.05, 0) is 60.6 Å². The molecule has 1 aromatic heterocycles. The SMILES string of the molecule is CCCCNC(=S)N(CCCN1CCOCC1)Cc1cc2cc(CC)ccc2[nH]c1=O. The Kier molecular flexibility index (Phi) is 9.31. The first-order valence-electron chi connectivity index (χ1n) is 11.6. The third-order valence-corrected chi connectivity index (χ3v) is 6.26. The molecule has 0 aliphatic carbocycles. The molecular weight excluding hydrogens is 408 g/mol. The number of thiocarbonyl (C=S) groups is 1. The van der Waals surface area contributed by atoms with Crippen molar-refractivity contribution in [1.82, 2.24) is 20.1 Å². The second kappa shape index (κ2) is 12.2. The zero-order valence-electron chi connectivity index (χ0n) is 18.9. The van der Waals surface area contributed by atoms with Gasteiger partial charge in [0, 0.05) is 43.8 Å². The fraction of sp³-hybridized carbons (Fsp3) is 0.583. The van der Waals surface area contributed by atoms with Crippen molar-refractivity contribution in [2.24, 2.45) is 0 Å². The molecule has 1 aliphatic rings. The predicted molar refractivity (Wildman–Crippen MR) is 132 cm³/mol. The molecule has 7 heteroatoms. The lowest BCUT2D eigenvalue weighted by Gasteiger charge is -2.29. The van der Waals surface area contributed by atoms with E-state index in [-0.39, 0.29) is 5.56 Å². The smallest absolute Gasteiger partial charge is 0.253 e. The number of aromatic amines is 1. The minimum Gasteiger partial charge on any atom is -0.379 e. The van der Waals surface area contributed by atoms with Crippen LogP contribution >= 0.6 is 12.2 Å². The molecule has 0 saturated carbocycles. The van der Waals surface area contributed by atoms with Gasteiger partial charge in [0.25, 0.3) is 5.56 Å². The van der Waals surface area contributed by atoms with Crippen molar-refractivity contribution in [3.05, 3.63) is 45.7 Å². The van der Waals surface area contributed by atoms with Crippen molar-refractivity contribution in [3.8, 4) is 0 Å². The van der Waals surface area contributed by atoms with Gasteiger partial charge in [-0.15, -0.1) is 0 Å². The molecule has 1 fully saturated rings. The zero-order valence-corrected chi connectivity index (χ0v) is 19.7. The monoisotopic (exact) mass is 444 g/mol. The predicted octanol–water partition coefficient (Wildman–Crippen LogP) is 3.29. The quantitative estimate of drug-likeness (QED) is 0.433. The number of unbranched alkanes of at least 4 members (excludes halogenated alkanes) is 1. The topological polar surface area (TPSA) is 60.6 Å². The Morgan fingerprint density at radius 2 is 2.03 bits per heavy atom. The van der Waals surface area contributed by atoms with Gasteiger partial charge in [-0.3, -0.25) is 9.69 Å². The second-order valence-electron chi connectivity index (χ2n) is 8.21. The Hall–Kier alpha value is -1.96. The highest BCUT2D eigenvalue weighted by Crippen LogP contribution is 2.15. The van der Waals surface area contributed by atoms with Gasteiger partial charge in [-0.2, -0.15) is 0 Å². The molecule has 2 aromatic rings. The van der Waals surface area contributed by atoms with E-state index >= 15 is 0 Å². The summed E-state index contributed by atoms with van der Waals surface area (Å²) in [5, 5.41) is 5.19. The third kappa shape index (κ3) is 7.02. The largest absolute Gasteiger partial charge is 0.379 e. The van der Waals surface area contributed by atoms with E-state index < -0.39 is 0 Å². The van der Waals surface area contributed by atoms with Crippen molar-refractivity contribution >= 4 is 28.2 Å². The molecule has 0 amide bonds. The maximum absolute atomic E-state index is 12.8. The fourth-order valence-electron chi connectivity index (χ4n) is 3.89. The Labute approximate surface area is 191 Å². The number of hydrogen-bond donors (Lipinski definition) is 2. The van der Waals surface area contributed by atoms with E-state index in [1.54, 1.807) is 0 Å². The van der Waals surface area contributed by atoms with Gasteiger partial charge in [0.2, 0.25) is 0 Å². The average molecular weight is 445 g/mol. The van der Waals surface area contributed by atoms with Gasteiger partial charge in [0.05, 0.1) is 19.8 Å². The fourth-order valence-corrected chi connectivity index (χ4v) is 4.15. The van der Waals surface area contributed by atoms with E-state index in [1.165, 1.54) is 5.56 Å². The summed E-state index contributed by atoms with van der Waals surface area (Å²) in [5.41, 5.74) is 2.87. The number of aromatic nitrogens is 1. The number of benzene rings is 1. The van der Waals surface area contributed by atoms with E-state index in [1.807, 2.05) is 12.1 Å². The summed E-state index contributed by atoms with van der Waals surface area (Å²) >= 11 is 5.71. The van der Waals surface area contributed by atoms with Gasteiger partial charge in [0.15, 0.2) is 5.11 Å². The minimum absolute atomic E-state index is 0.0358. The van der Waals surface area contributed by atoms with Crippen molar-refractivity contribution < 1.29 is 4.74 Å². The van der Waals surface area contributed by atoms with Gasteiger partial charge < -0.3 is 19.9 Å². The first-order valence-corrected chi connectivity index (χ1v) is 12.0. The standard InChI is InChI=1S/C24H36N4O2S/c1-3-5-9-25-24(31)28(11-6-10-27-12-14-30-15-13-27)18-21-17-20-16-19(4-2)7-8-22(20)26-23(21)29/h7-8,16-17H,3-6,9-15,18H2,1-2H3,(H,25,31)(H,26,29). The molecule has 0 radical (unpaired) electrons. The number of rotatable bonds is 10. The lowest BCUT2D eigenvalue weighted by molar-refractivity contribution is 0.0367. The molecule has 6 nitrogen and oxygen atoms in total. The van der Waals surface area contributed by atoms with Crippen LogP contribution in [0.25, 0.3) is 10.9 Å². The van der Waals surface area contributed by atoms with Gasteiger partial charge in [-0.1, -0.05) is 26.3 Å². The van der Waals surface area contributed by atoms with Crippen LogP contribution in [0, 0.1) is 0 Å². The molecule has 0 bridgehead atoms. The number of nitrogens with zero attached hydrogens (tertiary/aromatic N) is 2. The summed E-state index contributed by atoms with van der Waals surface area (Å²) in [6, 6.07) is 8.26. The molecular formula is C24H36N4O2S. The molecule has 2 N–H and O–H groups in total. The number of ether oxygens (including phenoxy) is 1. The second-order valence-corrected chi connectivity index (χ2v) is 8.60. The highest BCUT2D eigenvalue weighted by atomic mass is 32.1. The molecule has 31 heavy (non-hydrogen) atoms. The summed E-state index contributed by atoms with van der Waals surface area (Å²) in [4.78, 5) is 20.4. The molecule has 1 saturated heterocycles. The molecule has 0 unspecified atom stereocenters. The van der Waals surface area contributed by atoms with Crippen molar-refractivity contribution in [2.75, 3.05) is 45.9 Å². The number of pyridine rings is 1. The van der Waals surface area contributed by atoms with E-state index in [9.17, 15) is 4.79 Å². The van der Waals surface area contributed by atoms with Crippen molar-refractivity contribution in [3.63, 3.8) is 0 Å². The summed E-state index contributed by atoms with van der Waals surface area (Å²) < 4.78 is 5.44. The van der Waals surface area contributed by atoms with Crippen LogP contribution in [0.3, 0.4) is 0 Å².